The summed E-state index contributed by atoms with van der Waals surface area (Å²) in [6.07, 6.45) is 2.43. The first-order valence-corrected chi connectivity index (χ1v) is 6.74. The number of nitrogens with one attached hydrogen (secondary N) is 1. The molecular formula is C13H18BrNO2. The molecular weight excluding hydrogens is 282 g/mol. The maximum Gasteiger partial charge on any atom is 0.133 e. The lowest BCUT2D eigenvalue weighted by Gasteiger charge is -2.22. The molecule has 1 aliphatic heterocycles. The summed E-state index contributed by atoms with van der Waals surface area (Å²) in [4.78, 5) is 0. The van der Waals surface area contributed by atoms with Crippen LogP contribution in [-0.4, -0.2) is 26.9 Å². The second-order valence-corrected chi connectivity index (χ2v) is 5.17. The van der Waals surface area contributed by atoms with Crippen molar-refractivity contribution in [3.8, 4) is 5.75 Å². The predicted molar refractivity (Wildman–Crippen MR) is 72.7 cm³/mol. The first kappa shape index (κ1) is 12.7. The summed E-state index contributed by atoms with van der Waals surface area (Å²) in [5.41, 5.74) is 1.11. The van der Waals surface area contributed by atoms with Crippen LogP contribution in [0.3, 0.4) is 0 Å². The Morgan fingerprint density at radius 3 is 3.06 bits per heavy atom. The van der Waals surface area contributed by atoms with Gasteiger partial charge in [0.1, 0.15) is 5.75 Å². The second kappa shape index (κ2) is 6.26. The van der Waals surface area contributed by atoms with Crippen molar-refractivity contribution in [3.05, 3.63) is 22.7 Å². The van der Waals surface area contributed by atoms with Gasteiger partial charge in [-0.15, -0.1) is 0 Å². The highest BCUT2D eigenvalue weighted by molar-refractivity contribution is 9.10. The summed E-state index contributed by atoms with van der Waals surface area (Å²) < 4.78 is 11.6. The lowest BCUT2D eigenvalue weighted by molar-refractivity contribution is 0.0595. The SMILES string of the molecule is COc1ccc(NCC2CCCOC2)cc1Br. The Bertz CT molecular complexity index is 364. The van der Waals surface area contributed by atoms with E-state index >= 15 is 0 Å². The smallest absolute Gasteiger partial charge is 0.133 e. The molecule has 0 aromatic heterocycles. The van der Waals surface area contributed by atoms with E-state index in [1.54, 1.807) is 7.11 Å². The molecule has 0 spiro atoms. The lowest BCUT2D eigenvalue weighted by atomic mass is 10.0. The van der Waals surface area contributed by atoms with Crippen LogP contribution < -0.4 is 10.1 Å². The van der Waals surface area contributed by atoms with Crippen molar-refractivity contribution in [2.75, 3.05) is 32.2 Å². The van der Waals surface area contributed by atoms with Crippen molar-refractivity contribution >= 4 is 21.6 Å². The van der Waals surface area contributed by atoms with Crippen molar-refractivity contribution in [1.29, 1.82) is 0 Å². The largest absolute Gasteiger partial charge is 0.496 e. The van der Waals surface area contributed by atoms with E-state index in [-0.39, 0.29) is 0 Å². The van der Waals surface area contributed by atoms with E-state index in [1.807, 2.05) is 18.2 Å². The van der Waals surface area contributed by atoms with E-state index < -0.39 is 0 Å². The number of halogens is 1. The molecule has 0 amide bonds. The highest BCUT2D eigenvalue weighted by Gasteiger charge is 2.13. The minimum atomic E-state index is 0.629. The van der Waals surface area contributed by atoms with Gasteiger partial charge in [0, 0.05) is 18.8 Å². The zero-order valence-corrected chi connectivity index (χ0v) is 11.6. The van der Waals surface area contributed by atoms with Crippen LogP contribution in [0.15, 0.2) is 22.7 Å². The van der Waals surface area contributed by atoms with Gasteiger partial charge < -0.3 is 14.8 Å². The molecule has 1 aromatic carbocycles. The molecule has 0 radical (unpaired) electrons. The fourth-order valence-corrected chi connectivity index (χ4v) is 2.55. The zero-order valence-electron chi connectivity index (χ0n) is 10.0. The molecule has 2 rings (SSSR count). The maximum absolute atomic E-state index is 5.46. The van der Waals surface area contributed by atoms with E-state index in [0.29, 0.717) is 5.92 Å². The highest BCUT2D eigenvalue weighted by Crippen LogP contribution is 2.28. The molecule has 1 saturated heterocycles. The monoisotopic (exact) mass is 299 g/mol. The predicted octanol–water partition coefficient (Wildman–Crippen LogP) is 3.30. The van der Waals surface area contributed by atoms with Crippen LogP contribution in [0.2, 0.25) is 0 Å². The molecule has 1 N–H and O–H groups in total. The normalized spacial score (nSPS) is 20.0. The topological polar surface area (TPSA) is 30.5 Å². The summed E-state index contributed by atoms with van der Waals surface area (Å²) in [7, 11) is 1.67. The van der Waals surface area contributed by atoms with Crippen molar-refractivity contribution in [3.63, 3.8) is 0 Å². The van der Waals surface area contributed by atoms with Crippen molar-refractivity contribution in [1.82, 2.24) is 0 Å². The standard InChI is InChI=1S/C13H18BrNO2/c1-16-13-5-4-11(7-12(13)14)15-8-10-3-2-6-17-9-10/h4-5,7,10,15H,2-3,6,8-9H2,1H3. The van der Waals surface area contributed by atoms with Gasteiger partial charge in [0.05, 0.1) is 18.2 Å². The quantitative estimate of drug-likeness (QED) is 0.925. The van der Waals surface area contributed by atoms with Crippen molar-refractivity contribution in [2.24, 2.45) is 5.92 Å². The highest BCUT2D eigenvalue weighted by atomic mass is 79.9. The Morgan fingerprint density at radius 2 is 2.41 bits per heavy atom. The fraction of sp³-hybridized carbons (Fsp3) is 0.538. The molecule has 1 heterocycles. The molecule has 1 unspecified atom stereocenters. The third-order valence-corrected chi connectivity index (χ3v) is 3.62. The van der Waals surface area contributed by atoms with Crippen molar-refractivity contribution < 1.29 is 9.47 Å². The van der Waals surface area contributed by atoms with Gasteiger partial charge in [0.2, 0.25) is 0 Å². The molecule has 3 nitrogen and oxygen atoms in total. The van der Waals surface area contributed by atoms with Crippen LogP contribution >= 0.6 is 15.9 Å². The first-order valence-electron chi connectivity index (χ1n) is 5.95. The Kier molecular flexibility index (Phi) is 4.68. The van der Waals surface area contributed by atoms with Gasteiger partial charge in [-0.2, -0.15) is 0 Å². The summed E-state index contributed by atoms with van der Waals surface area (Å²) in [5.74, 6) is 1.49. The molecule has 0 aliphatic carbocycles. The van der Waals surface area contributed by atoms with Gasteiger partial charge in [-0.05, 0) is 52.9 Å². The molecule has 1 atom stereocenters. The third-order valence-electron chi connectivity index (χ3n) is 3.00. The lowest BCUT2D eigenvalue weighted by Crippen LogP contribution is -2.24. The number of anilines is 1. The van der Waals surface area contributed by atoms with E-state index in [1.165, 1.54) is 12.8 Å². The maximum atomic E-state index is 5.46. The van der Waals surface area contributed by atoms with Crippen LogP contribution in [0, 0.1) is 5.92 Å². The number of methoxy groups -OCH3 is 1. The molecule has 94 valence electrons. The van der Waals surface area contributed by atoms with Gasteiger partial charge in [-0.3, -0.25) is 0 Å². The fourth-order valence-electron chi connectivity index (χ4n) is 2.01. The minimum Gasteiger partial charge on any atom is -0.496 e. The summed E-state index contributed by atoms with van der Waals surface area (Å²) in [6.45, 7) is 2.77. The third kappa shape index (κ3) is 3.61. The Hall–Kier alpha value is -0.740. The molecule has 1 aromatic rings. The Labute approximate surface area is 111 Å². The van der Waals surface area contributed by atoms with Crippen LogP contribution in [0.4, 0.5) is 5.69 Å². The zero-order chi connectivity index (χ0) is 12.1. The van der Waals surface area contributed by atoms with Crippen LogP contribution in [0.5, 0.6) is 5.75 Å². The van der Waals surface area contributed by atoms with Crippen LogP contribution in [-0.2, 0) is 4.74 Å². The van der Waals surface area contributed by atoms with Gasteiger partial charge in [-0.25, -0.2) is 0 Å². The van der Waals surface area contributed by atoms with Crippen LogP contribution in [0.25, 0.3) is 0 Å². The average Bonchev–Trinajstić information content (AvgIpc) is 2.38. The number of hydrogen-bond acceptors (Lipinski definition) is 3. The number of benzene rings is 1. The van der Waals surface area contributed by atoms with E-state index in [2.05, 4.69) is 21.2 Å². The van der Waals surface area contributed by atoms with E-state index in [0.717, 1.165) is 35.7 Å². The summed E-state index contributed by atoms with van der Waals surface area (Å²) in [5, 5.41) is 3.44. The van der Waals surface area contributed by atoms with Gasteiger partial charge in [0.25, 0.3) is 0 Å². The molecule has 17 heavy (non-hydrogen) atoms. The minimum absolute atomic E-state index is 0.629. The molecule has 0 bridgehead atoms. The Balaban J connectivity index is 1.87. The van der Waals surface area contributed by atoms with E-state index in [4.69, 9.17) is 9.47 Å². The molecule has 1 aliphatic rings. The molecule has 4 heteroatoms. The number of hydrogen-bond donors (Lipinski definition) is 1. The number of rotatable bonds is 4. The van der Waals surface area contributed by atoms with E-state index in [9.17, 15) is 0 Å². The Morgan fingerprint density at radius 1 is 1.53 bits per heavy atom. The second-order valence-electron chi connectivity index (χ2n) is 4.31. The van der Waals surface area contributed by atoms with Crippen LogP contribution in [0.1, 0.15) is 12.8 Å². The average molecular weight is 300 g/mol. The number of ether oxygens (including phenoxy) is 2. The first-order chi connectivity index (χ1) is 8.29. The molecule has 1 fully saturated rings. The van der Waals surface area contributed by atoms with Gasteiger partial charge in [-0.1, -0.05) is 0 Å². The van der Waals surface area contributed by atoms with Crippen molar-refractivity contribution in [2.45, 2.75) is 12.8 Å². The van der Waals surface area contributed by atoms with Gasteiger partial charge >= 0.3 is 0 Å². The van der Waals surface area contributed by atoms with Gasteiger partial charge in [0.15, 0.2) is 0 Å². The molecule has 0 saturated carbocycles. The summed E-state index contributed by atoms with van der Waals surface area (Å²) >= 11 is 3.48. The summed E-state index contributed by atoms with van der Waals surface area (Å²) in [6, 6.07) is 6.04.